The highest BCUT2D eigenvalue weighted by molar-refractivity contribution is 5.83. The van der Waals surface area contributed by atoms with Gasteiger partial charge in [0.1, 0.15) is 6.73 Å². The van der Waals surface area contributed by atoms with Gasteiger partial charge in [-0.25, -0.2) is 5.43 Å². The van der Waals surface area contributed by atoms with Crippen LogP contribution in [0.5, 0.6) is 0 Å². The van der Waals surface area contributed by atoms with E-state index < -0.39 is 0 Å². The van der Waals surface area contributed by atoms with Crippen molar-refractivity contribution in [3.8, 4) is 0 Å². The summed E-state index contributed by atoms with van der Waals surface area (Å²) in [5.41, 5.74) is 2.42. The lowest BCUT2D eigenvalue weighted by Crippen LogP contribution is -2.36. The summed E-state index contributed by atoms with van der Waals surface area (Å²) in [7, 11) is 0. The van der Waals surface area contributed by atoms with E-state index in [1.807, 2.05) is 13.8 Å². The average molecular weight is 144 g/mol. The molecule has 4 nitrogen and oxygen atoms in total. The molecule has 0 bridgehead atoms. The number of hydrogen-bond acceptors (Lipinski definition) is 3. The largest absolute Gasteiger partial charge is 0.375 e. The Kier molecular flexibility index (Phi) is 1.66. The smallest absolute Gasteiger partial charge is 0.245 e. The van der Waals surface area contributed by atoms with Crippen LogP contribution in [0.3, 0.4) is 0 Å². The number of amides is 1. The first-order valence-electron chi connectivity index (χ1n) is 3.24. The normalized spacial score (nSPS) is 23.9. The molecule has 10 heavy (non-hydrogen) atoms. The van der Waals surface area contributed by atoms with Crippen molar-refractivity contribution in [1.29, 1.82) is 0 Å². The van der Waals surface area contributed by atoms with Gasteiger partial charge in [0, 0.05) is 6.54 Å². The summed E-state index contributed by atoms with van der Waals surface area (Å²) < 4.78 is 0. The molecule has 0 radical (unpaired) electrons. The standard InChI is InChI=1S/C6H12N2O2/c1-6(2)3-7-8(4-9)5(6)10/h7,9H,3-4H2,1-2H3. The van der Waals surface area contributed by atoms with Crippen LogP contribution in [-0.2, 0) is 4.79 Å². The Morgan fingerprint density at radius 2 is 2.40 bits per heavy atom. The quantitative estimate of drug-likeness (QED) is 0.512. The van der Waals surface area contributed by atoms with Crippen molar-refractivity contribution >= 4 is 5.91 Å². The predicted molar refractivity (Wildman–Crippen MR) is 35.7 cm³/mol. The Labute approximate surface area is 59.8 Å². The van der Waals surface area contributed by atoms with Gasteiger partial charge in [0.2, 0.25) is 5.91 Å². The molecule has 1 fully saturated rings. The number of hydrogen-bond donors (Lipinski definition) is 2. The number of nitrogens with one attached hydrogen (secondary N) is 1. The molecule has 0 unspecified atom stereocenters. The molecular formula is C6H12N2O2. The van der Waals surface area contributed by atoms with Gasteiger partial charge in [0.05, 0.1) is 5.41 Å². The topological polar surface area (TPSA) is 52.6 Å². The minimum Gasteiger partial charge on any atom is -0.375 e. The number of rotatable bonds is 1. The number of nitrogens with zero attached hydrogens (tertiary/aromatic N) is 1. The van der Waals surface area contributed by atoms with Crippen LogP contribution in [-0.4, -0.2) is 29.3 Å². The van der Waals surface area contributed by atoms with Crippen LogP contribution in [0.4, 0.5) is 0 Å². The van der Waals surface area contributed by atoms with Crippen molar-refractivity contribution in [2.24, 2.45) is 5.41 Å². The van der Waals surface area contributed by atoms with E-state index in [1.165, 1.54) is 5.01 Å². The van der Waals surface area contributed by atoms with Crippen LogP contribution >= 0.6 is 0 Å². The van der Waals surface area contributed by atoms with Gasteiger partial charge in [-0.2, -0.15) is 0 Å². The molecule has 1 saturated heterocycles. The summed E-state index contributed by atoms with van der Waals surface area (Å²) in [5, 5.41) is 9.83. The van der Waals surface area contributed by atoms with Gasteiger partial charge >= 0.3 is 0 Å². The highest BCUT2D eigenvalue weighted by Gasteiger charge is 2.38. The second-order valence-corrected chi connectivity index (χ2v) is 3.09. The minimum atomic E-state index is -0.358. The maximum Gasteiger partial charge on any atom is 0.245 e. The molecule has 0 aliphatic carbocycles. The molecule has 4 heteroatoms. The second kappa shape index (κ2) is 2.21. The fourth-order valence-electron chi connectivity index (χ4n) is 0.920. The average Bonchev–Trinajstić information content (AvgIpc) is 2.10. The van der Waals surface area contributed by atoms with Crippen molar-refractivity contribution in [2.75, 3.05) is 13.3 Å². The van der Waals surface area contributed by atoms with E-state index in [-0.39, 0.29) is 18.1 Å². The number of carbonyl (C=O) groups excluding carboxylic acids is 1. The van der Waals surface area contributed by atoms with E-state index in [2.05, 4.69) is 5.43 Å². The predicted octanol–water partition coefficient (Wildman–Crippen LogP) is -0.691. The summed E-state index contributed by atoms with van der Waals surface area (Å²) in [6, 6.07) is 0. The maximum atomic E-state index is 11.2. The van der Waals surface area contributed by atoms with Gasteiger partial charge in [-0.3, -0.25) is 9.80 Å². The summed E-state index contributed by atoms with van der Waals surface area (Å²) in [6.07, 6.45) is 0. The Morgan fingerprint density at radius 1 is 1.80 bits per heavy atom. The molecular weight excluding hydrogens is 132 g/mol. The fraction of sp³-hybridized carbons (Fsp3) is 0.833. The Morgan fingerprint density at radius 3 is 2.60 bits per heavy atom. The lowest BCUT2D eigenvalue weighted by molar-refractivity contribution is -0.139. The van der Waals surface area contributed by atoms with Gasteiger partial charge in [0.25, 0.3) is 0 Å². The lowest BCUT2D eigenvalue weighted by atomic mass is 9.94. The van der Waals surface area contributed by atoms with Crippen LogP contribution < -0.4 is 5.43 Å². The molecule has 1 amide bonds. The van der Waals surface area contributed by atoms with Crippen molar-refractivity contribution in [3.63, 3.8) is 0 Å². The molecule has 1 aliphatic heterocycles. The molecule has 2 N–H and O–H groups in total. The molecule has 1 aliphatic rings. The zero-order chi connectivity index (χ0) is 7.78. The number of aliphatic hydroxyl groups excluding tert-OH is 1. The third kappa shape index (κ3) is 0.998. The van der Waals surface area contributed by atoms with Gasteiger partial charge in [-0.1, -0.05) is 0 Å². The molecule has 0 atom stereocenters. The van der Waals surface area contributed by atoms with Gasteiger partial charge < -0.3 is 5.11 Å². The summed E-state index contributed by atoms with van der Waals surface area (Å²) >= 11 is 0. The Hall–Kier alpha value is -0.610. The highest BCUT2D eigenvalue weighted by Crippen LogP contribution is 2.21. The molecule has 1 heterocycles. The molecule has 58 valence electrons. The van der Waals surface area contributed by atoms with Gasteiger partial charge in [-0.05, 0) is 13.8 Å². The Bertz CT molecular complexity index is 156. The van der Waals surface area contributed by atoms with Crippen molar-refractivity contribution in [3.05, 3.63) is 0 Å². The van der Waals surface area contributed by atoms with E-state index in [0.717, 1.165) is 0 Å². The summed E-state index contributed by atoms with van der Waals surface area (Å²) in [5.74, 6) is -0.0463. The van der Waals surface area contributed by atoms with Gasteiger partial charge in [-0.15, -0.1) is 0 Å². The third-order valence-corrected chi connectivity index (χ3v) is 1.68. The van der Waals surface area contributed by atoms with Crippen LogP contribution in [0.2, 0.25) is 0 Å². The summed E-state index contributed by atoms with van der Waals surface area (Å²) in [6.45, 7) is 4.05. The monoisotopic (exact) mass is 144 g/mol. The third-order valence-electron chi connectivity index (χ3n) is 1.68. The van der Waals surface area contributed by atoms with Crippen LogP contribution in [0.15, 0.2) is 0 Å². The molecule has 1 rings (SSSR count). The fourth-order valence-corrected chi connectivity index (χ4v) is 0.920. The van der Waals surface area contributed by atoms with Crippen LogP contribution in [0, 0.1) is 5.41 Å². The minimum absolute atomic E-state index is 0.0463. The zero-order valence-corrected chi connectivity index (χ0v) is 6.22. The molecule has 0 aromatic carbocycles. The molecule has 0 aromatic heterocycles. The van der Waals surface area contributed by atoms with E-state index >= 15 is 0 Å². The highest BCUT2D eigenvalue weighted by atomic mass is 16.3. The molecule has 0 saturated carbocycles. The lowest BCUT2D eigenvalue weighted by Gasteiger charge is -2.14. The molecule has 0 aromatic rings. The van der Waals surface area contributed by atoms with E-state index in [0.29, 0.717) is 6.54 Å². The zero-order valence-electron chi connectivity index (χ0n) is 6.22. The Balaban J connectivity index is 2.67. The van der Waals surface area contributed by atoms with Gasteiger partial charge in [0.15, 0.2) is 0 Å². The van der Waals surface area contributed by atoms with Crippen molar-refractivity contribution in [2.45, 2.75) is 13.8 Å². The number of carbonyl (C=O) groups is 1. The SMILES string of the molecule is CC1(C)CNN(CO)C1=O. The van der Waals surface area contributed by atoms with Crippen LogP contribution in [0.1, 0.15) is 13.8 Å². The number of aliphatic hydroxyl groups is 1. The first-order chi connectivity index (χ1) is 4.58. The maximum absolute atomic E-state index is 11.2. The molecule has 0 spiro atoms. The second-order valence-electron chi connectivity index (χ2n) is 3.09. The first kappa shape index (κ1) is 7.50. The van der Waals surface area contributed by atoms with E-state index in [4.69, 9.17) is 5.11 Å². The van der Waals surface area contributed by atoms with E-state index in [9.17, 15) is 4.79 Å². The van der Waals surface area contributed by atoms with Crippen molar-refractivity contribution in [1.82, 2.24) is 10.4 Å². The van der Waals surface area contributed by atoms with E-state index in [1.54, 1.807) is 0 Å². The van der Waals surface area contributed by atoms with Crippen LogP contribution in [0.25, 0.3) is 0 Å². The number of hydrazine groups is 1. The first-order valence-corrected chi connectivity index (χ1v) is 3.24. The summed E-state index contributed by atoms with van der Waals surface area (Å²) in [4.78, 5) is 11.2. The van der Waals surface area contributed by atoms with Crippen molar-refractivity contribution < 1.29 is 9.90 Å².